The second-order valence-electron chi connectivity index (χ2n) is 9.35. The summed E-state index contributed by atoms with van der Waals surface area (Å²) in [6.45, 7) is 1.95. The highest BCUT2D eigenvalue weighted by Crippen LogP contribution is 2.48. The number of hydrogen-bond donors (Lipinski definition) is 1. The maximum Gasteiger partial charge on any atom is 0.270 e. The molecule has 0 aromatic heterocycles. The largest absolute Gasteiger partial charge is 0.351 e. The summed E-state index contributed by atoms with van der Waals surface area (Å²) < 4.78 is 0. The number of aryl methyl sites for hydroxylation is 1. The summed E-state index contributed by atoms with van der Waals surface area (Å²) in [6.07, 6.45) is 5.03. The lowest BCUT2D eigenvalue weighted by Gasteiger charge is -2.39. The van der Waals surface area contributed by atoms with E-state index in [1.165, 1.54) is 17.0 Å². The average Bonchev–Trinajstić information content (AvgIpc) is 3.14. The zero-order valence-corrected chi connectivity index (χ0v) is 19.6. The van der Waals surface area contributed by atoms with E-state index in [9.17, 15) is 19.7 Å². The van der Waals surface area contributed by atoms with Crippen molar-refractivity contribution in [3.8, 4) is 0 Å². The smallest absolute Gasteiger partial charge is 0.270 e. The molecule has 7 heteroatoms. The summed E-state index contributed by atoms with van der Waals surface area (Å²) in [5, 5.41) is 14.8. The minimum atomic E-state index is -1.49. The molecule has 178 valence electrons. The summed E-state index contributed by atoms with van der Waals surface area (Å²) in [5.74, 6) is -0.729. The maximum atomic E-state index is 14.4. The number of nitro groups is 1. The van der Waals surface area contributed by atoms with Crippen molar-refractivity contribution in [3.63, 3.8) is 0 Å². The molecule has 1 heterocycles. The molecule has 3 aromatic rings. The van der Waals surface area contributed by atoms with Crippen LogP contribution in [0.5, 0.6) is 0 Å². The summed E-state index contributed by atoms with van der Waals surface area (Å²) in [7, 11) is 0. The lowest BCUT2D eigenvalue weighted by atomic mass is 9.80. The van der Waals surface area contributed by atoms with Gasteiger partial charge in [-0.3, -0.25) is 24.6 Å². The SMILES string of the molecule is Cc1ccc(N2C(=O)c3cc([N+](=O)[O-])ccc3C2(C(=O)NC2CCCCC2)c2ccccc2)cc1. The number of non-ortho nitro benzene ring substituents is 1. The Morgan fingerprint density at radius 3 is 2.34 bits per heavy atom. The number of anilines is 1. The molecule has 0 spiro atoms. The first-order valence-corrected chi connectivity index (χ1v) is 12.0. The molecule has 35 heavy (non-hydrogen) atoms. The molecule has 1 aliphatic heterocycles. The topological polar surface area (TPSA) is 92.6 Å². The van der Waals surface area contributed by atoms with Gasteiger partial charge in [0.15, 0.2) is 5.54 Å². The minimum absolute atomic E-state index is 0.0221. The van der Waals surface area contributed by atoms with Crippen LogP contribution in [0.2, 0.25) is 0 Å². The number of carbonyl (C=O) groups excluding carboxylic acids is 2. The molecule has 1 fully saturated rings. The number of benzene rings is 3. The highest BCUT2D eigenvalue weighted by Gasteiger charge is 2.57. The second kappa shape index (κ2) is 8.98. The summed E-state index contributed by atoms with van der Waals surface area (Å²) in [4.78, 5) is 40.9. The third kappa shape index (κ3) is 3.77. The van der Waals surface area contributed by atoms with Crippen LogP contribution in [0.3, 0.4) is 0 Å². The van der Waals surface area contributed by atoms with E-state index in [4.69, 9.17) is 0 Å². The van der Waals surface area contributed by atoms with Gasteiger partial charge in [0.1, 0.15) is 0 Å². The van der Waals surface area contributed by atoms with Gasteiger partial charge in [-0.15, -0.1) is 0 Å². The van der Waals surface area contributed by atoms with Crippen LogP contribution in [0.1, 0.15) is 59.2 Å². The normalized spacial score (nSPS) is 19.9. The Hall–Kier alpha value is -4.00. The first-order chi connectivity index (χ1) is 16.9. The molecular formula is C28H27N3O4. The third-order valence-corrected chi connectivity index (χ3v) is 7.13. The van der Waals surface area contributed by atoms with E-state index in [1.54, 1.807) is 6.07 Å². The Kier molecular flexibility index (Phi) is 5.84. The van der Waals surface area contributed by atoms with Crippen molar-refractivity contribution >= 4 is 23.2 Å². The highest BCUT2D eigenvalue weighted by molar-refractivity contribution is 6.19. The van der Waals surface area contributed by atoms with E-state index in [1.807, 2.05) is 61.5 Å². The zero-order chi connectivity index (χ0) is 24.6. The Morgan fingerprint density at radius 2 is 1.69 bits per heavy atom. The van der Waals surface area contributed by atoms with Crippen molar-refractivity contribution < 1.29 is 14.5 Å². The fourth-order valence-corrected chi connectivity index (χ4v) is 5.39. The van der Waals surface area contributed by atoms with E-state index < -0.39 is 16.4 Å². The van der Waals surface area contributed by atoms with Gasteiger partial charge in [0.2, 0.25) is 0 Å². The van der Waals surface area contributed by atoms with Gasteiger partial charge < -0.3 is 5.32 Å². The van der Waals surface area contributed by atoms with Crippen LogP contribution in [0, 0.1) is 17.0 Å². The maximum absolute atomic E-state index is 14.4. The first-order valence-electron chi connectivity index (χ1n) is 12.0. The van der Waals surface area contributed by atoms with Gasteiger partial charge in [0.05, 0.1) is 10.5 Å². The number of carbonyl (C=O) groups is 2. The number of nitro benzene ring substituents is 1. The van der Waals surface area contributed by atoms with Crippen molar-refractivity contribution in [2.75, 3.05) is 4.90 Å². The van der Waals surface area contributed by atoms with Gasteiger partial charge in [0.25, 0.3) is 17.5 Å². The predicted molar refractivity (Wildman–Crippen MR) is 133 cm³/mol. The average molecular weight is 470 g/mol. The fourth-order valence-electron chi connectivity index (χ4n) is 5.39. The zero-order valence-electron chi connectivity index (χ0n) is 19.6. The van der Waals surface area contributed by atoms with Crippen LogP contribution in [0.4, 0.5) is 11.4 Å². The van der Waals surface area contributed by atoms with E-state index in [0.29, 0.717) is 16.8 Å². The van der Waals surface area contributed by atoms with Crippen LogP contribution < -0.4 is 10.2 Å². The number of nitrogens with one attached hydrogen (secondary N) is 1. The van der Waals surface area contributed by atoms with Crippen molar-refractivity contribution in [2.45, 2.75) is 50.6 Å². The quantitative estimate of drug-likeness (QED) is 0.408. The molecule has 1 aliphatic carbocycles. The fraction of sp³-hybridized carbons (Fsp3) is 0.286. The first kappa shape index (κ1) is 22.8. The third-order valence-electron chi connectivity index (χ3n) is 7.13. The van der Waals surface area contributed by atoms with Gasteiger partial charge in [0, 0.05) is 29.4 Å². The van der Waals surface area contributed by atoms with Crippen molar-refractivity contribution in [3.05, 3.63) is 105 Å². The molecule has 2 aliphatic rings. The molecular weight excluding hydrogens is 442 g/mol. The van der Waals surface area contributed by atoms with Gasteiger partial charge in [-0.05, 0) is 43.5 Å². The summed E-state index contributed by atoms with van der Waals surface area (Å²) >= 11 is 0. The molecule has 2 amide bonds. The molecule has 1 saturated carbocycles. The number of nitrogens with zero attached hydrogens (tertiary/aromatic N) is 2. The predicted octanol–water partition coefficient (Wildman–Crippen LogP) is 5.26. The number of hydrogen-bond acceptors (Lipinski definition) is 4. The monoisotopic (exact) mass is 469 g/mol. The Bertz CT molecular complexity index is 1280. The number of amides is 2. The Labute approximate surface area is 203 Å². The number of fused-ring (bicyclic) bond motifs is 1. The molecule has 5 rings (SSSR count). The van der Waals surface area contributed by atoms with Crippen LogP contribution >= 0.6 is 0 Å². The minimum Gasteiger partial charge on any atom is -0.351 e. The molecule has 1 atom stereocenters. The van der Waals surface area contributed by atoms with Gasteiger partial charge >= 0.3 is 0 Å². The second-order valence-corrected chi connectivity index (χ2v) is 9.35. The standard InChI is InChI=1S/C28H27N3O4/c1-19-12-14-22(15-13-19)30-26(32)24-18-23(31(34)35)16-17-25(24)28(30,20-8-4-2-5-9-20)27(33)29-21-10-6-3-7-11-21/h2,4-5,8-9,12-18,21H,3,6-7,10-11H2,1H3,(H,29,33). The molecule has 0 saturated heterocycles. The van der Waals surface area contributed by atoms with Crippen molar-refractivity contribution in [1.29, 1.82) is 0 Å². The lowest BCUT2D eigenvalue weighted by molar-refractivity contribution is -0.384. The van der Waals surface area contributed by atoms with E-state index >= 15 is 0 Å². The van der Waals surface area contributed by atoms with Gasteiger partial charge in [-0.1, -0.05) is 67.3 Å². The molecule has 7 nitrogen and oxygen atoms in total. The van der Waals surface area contributed by atoms with Crippen molar-refractivity contribution in [1.82, 2.24) is 5.32 Å². The molecule has 1 unspecified atom stereocenters. The molecule has 3 aromatic carbocycles. The van der Waals surface area contributed by atoms with Gasteiger partial charge in [-0.25, -0.2) is 0 Å². The molecule has 0 bridgehead atoms. The summed E-state index contributed by atoms with van der Waals surface area (Å²) in [6, 6.07) is 20.9. The van der Waals surface area contributed by atoms with Crippen LogP contribution in [0.25, 0.3) is 0 Å². The van der Waals surface area contributed by atoms with Crippen LogP contribution in [-0.4, -0.2) is 22.8 Å². The Morgan fingerprint density at radius 1 is 1.00 bits per heavy atom. The van der Waals surface area contributed by atoms with Crippen LogP contribution in [-0.2, 0) is 10.3 Å². The van der Waals surface area contributed by atoms with Gasteiger partial charge in [-0.2, -0.15) is 0 Å². The van der Waals surface area contributed by atoms with Crippen molar-refractivity contribution in [2.24, 2.45) is 0 Å². The van der Waals surface area contributed by atoms with Crippen LogP contribution in [0.15, 0.2) is 72.8 Å². The highest BCUT2D eigenvalue weighted by atomic mass is 16.6. The molecule has 1 N–H and O–H groups in total. The van der Waals surface area contributed by atoms with E-state index in [2.05, 4.69) is 5.32 Å². The Balaban J connectivity index is 1.76. The summed E-state index contributed by atoms with van der Waals surface area (Å²) in [5.41, 5.74) is 1.16. The van der Waals surface area contributed by atoms with E-state index in [0.717, 1.165) is 37.7 Å². The lowest BCUT2D eigenvalue weighted by Crippen LogP contribution is -2.57. The molecule has 0 radical (unpaired) electrons. The van der Waals surface area contributed by atoms with E-state index in [-0.39, 0.29) is 23.2 Å². The number of rotatable bonds is 5.